The van der Waals surface area contributed by atoms with Gasteiger partial charge in [0, 0.05) is 5.41 Å². The molecule has 0 heterocycles. The highest BCUT2D eigenvalue weighted by Crippen LogP contribution is 2.51. The summed E-state index contributed by atoms with van der Waals surface area (Å²) >= 11 is 0. The Morgan fingerprint density at radius 1 is 0.458 bits per heavy atom. The van der Waals surface area contributed by atoms with Gasteiger partial charge in [0.1, 0.15) is 39.2 Å². The van der Waals surface area contributed by atoms with Gasteiger partial charge in [-0.3, -0.25) is 0 Å². The van der Waals surface area contributed by atoms with Crippen molar-refractivity contribution in [2.45, 2.75) is 19.3 Å². The van der Waals surface area contributed by atoms with Gasteiger partial charge in [0.25, 0.3) is 0 Å². The number of hydrogen-bond donors (Lipinski definition) is 0. The van der Waals surface area contributed by atoms with E-state index in [2.05, 4.69) is 162 Å². The minimum Gasteiger partial charge on any atom is -0.192 e. The molecule has 0 saturated heterocycles. The van der Waals surface area contributed by atoms with Crippen LogP contribution < -0.4 is 27.3 Å². The molecule has 0 atom stereocenters. The van der Waals surface area contributed by atoms with E-state index in [0.717, 1.165) is 0 Å². The van der Waals surface area contributed by atoms with Crippen molar-refractivity contribution in [2.24, 2.45) is 0 Å². The molecule has 6 heteroatoms. The van der Waals surface area contributed by atoms with E-state index in [1.54, 1.807) is 0 Å². The van der Waals surface area contributed by atoms with Crippen molar-refractivity contribution >= 4 is 88.1 Å². The zero-order chi connectivity index (χ0) is 33.5. The summed E-state index contributed by atoms with van der Waals surface area (Å²) in [7, 11) is 11.3. The van der Waals surface area contributed by atoms with Crippen LogP contribution >= 0.6 is 0 Å². The van der Waals surface area contributed by atoms with Crippen LogP contribution in [0.4, 0.5) is 0 Å². The van der Waals surface area contributed by atoms with E-state index in [1.165, 1.54) is 104 Å². The maximum atomic E-state index is 9.62. The molecule has 0 fully saturated rings. The second-order valence-corrected chi connectivity index (χ2v) is 14.2. The van der Waals surface area contributed by atoms with Crippen LogP contribution in [0.3, 0.4) is 0 Å². The van der Waals surface area contributed by atoms with Crippen molar-refractivity contribution in [3.05, 3.63) is 126 Å². The fraction of sp³-hybridized carbons (Fsp3) is 0.0714. The van der Waals surface area contributed by atoms with Crippen LogP contribution in [0.1, 0.15) is 30.5 Å². The Morgan fingerprint density at radius 3 is 1.35 bits per heavy atom. The van der Waals surface area contributed by atoms with Gasteiger partial charge in [-0.15, -0.1) is 16.4 Å². The molecule has 1 aliphatic rings. The van der Waals surface area contributed by atoms with E-state index >= 15 is 0 Å². The molecular formula is C42H34B5N. The molecule has 0 bridgehead atoms. The Labute approximate surface area is 288 Å². The van der Waals surface area contributed by atoms with Gasteiger partial charge in [-0.1, -0.05) is 116 Å². The van der Waals surface area contributed by atoms with Gasteiger partial charge in [0.15, 0.2) is 0 Å². The monoisotopic (exact) mass is 607 g/mol. The fourth-order valence-corrected chi connectivity index (χ4v) is 8.45. The highest BCUT2D eigenvalue weighted by atomic mass is 14.4. The lowest BCUT2D eigenvalue weighted by Crippen LogP contribution is -2.55. The van der Waals surface area contributed by atoms with E-state index in [0.29, 0.717) is 5.56 Å². The third-order valence-corrected chi connectivity index (χ3v) is 11.5. The largest absolute Gasteiger partial charge is 0.192 e. The minimum absolute atomic E-state index is 0.202. The summed E-state index contributed by atoms with van der Waals surface area (Å²) in [5.74, 6) is 0. The van der Waals surface area contributed by atoms with Crippen LogP contribution in [0, 0.1) is 11.3 Å². The van der Waals surface area contributed by atoms with Gasteiger partial charge in [0.2, 0.25) is 0 Å². The summed E-state index contributed by atoms with van der Waals surface area (Å²) in [5.41, 5.74) is 20.1. The average Bonchev–Trinajstić information content (AvgIpc) is 3.34. The molecule has 222 valence electrons. The molecule has 0 saturated carbocycles. The van der Waals surface area contributed by atoms with Gasteiger partial charge in [-0.05, 0) is 95.4 Å². The predicted molar refractivity (Wildman–Crippen MR) is 221 cm³/mol. The summed E-state index contributed by atoms with van der Waals surface area (Å²) in [6, 6.07) is 42.5. The molecule has 0 spiro atoms. The number of fused-ring (bicyclic) bond motifs is 5. The number of nitrogens with zero attached hydrogens (tertiary/aromatic N) is 1. The van der Waals surface area contributed by atoms with Crippen LogP contribution in [0.2, 0.25) is 0 Å². The fourth-order valence-electron chi connectivity index (χ4n) is 8.45. The molecule has 7 aromatic carbocycles. The molecule has 1 nitrogen and oxygen atoms in total. The van der Waals surface area contributed by atoms with Crippen molar-refractivity contribution < 1.29 is 0 Å². The topological polar surface area (TPSA) is 23.8 Å². The van der Waals surface area contributed by atoms with Crippen molar-refractivity contribution in [3.8, 4) is 50.6 Å². The first-order chi connectivity index (χ1) is 23.1. The van der Waals surface area contributed by atoms with E-state index in [9.17, 15) is 5.26 Å². The second-order valence-electron chi connectivity index (χ2n) is 14.2. The van der Waals surface area contributed by atoms with Crippen LogP contribution in [-0.4, -0.2) is 39.2 Å². The molecule has 0 radical (unpaired) electrons. The lowest BCUT2D eigenvalue weighted by Gasteiger charge is -2.23. The zero-order valence-electron chi connectivity index (χ0n) is 28.8. The van der Waals surface area contributed by atoms with E-state index < -0.39 is 0 Å². The van der Waals surface area contributed by atoms with E-state index in [-0.39, 0.29) is 5.41 Å². The van der Waals surface area contributed by atoms with Gasteiger partial charge in [0.05, 0.1) is 11.6 Å². The highest BCUT2D eigenvalue weighted by molar-refractivity contribution is 6.68. The maximum absolute atomic E-state index is 9.62. The predicted octanol–water partition coefficient (Wildman–Crippen LogP) is 2.46. The Hall–Kier alpha value is -5.13. The lowest BCUT2D eigenvalue weighted by atomic mass is 9.59. The first-order valence-corrected chi connectivity index (χ1v) is 16.9. The first kappa shape index (κ1) is 30.2. The Balaban J connectivity index is 1.33. The van der Waals surface area contributed by atoms with Crippen LogP contribution in [0.5, 0.6) is 0 Å². The molecular weight excluding hydrogens is 573 g/mol. The molecule has 1 aliphatic carbocycles. The summed E-state index contributed by atoms with van der Waals surface area (Å²) in [5, 5.41) is 14.7. The number of benzene rings is 7. The highest BCUT2D eigenvalue weighted by Gasteiger charge is 2.36. The van der Waals surface area contributed by atoms with Gasteiger partial charge < -0.3 is 0 Å². The molecule has 0 amide bonds. The Bertz CT molecular complexity index is 2460. The zero-order valence-corrected chi connectivity index (χ0v) is 28.8. The molecule has 0 aromatic heterocycles. The third-order valence-electron chi connectivity index (χ3n) is 11.5. The van der Waals surface area contributed by atoms with Gasteiger partial charge in [-0.2, -0.15) is 5.26 Å². The molecule has 7 aromatic rings. The molecule has 0 N–H and O–H groups in total. The lowest BCUT2D eigenvalue weighted by molar-refractivity contribution is 0.660. The van der Waals surface area contributed by atoms with Crippen molar-refractivity contribution in [3.63, 3.8) is 0 Å². The SMILES string of the molecule is Bc1c(B)c(B)c(-c2ccc(-c3c4ccccc4c(-c4ccc5c(c4)C(C)(C)c4cc(C#N)ccc4-5)c4ccccc34)cc2)c(B)c1B. The maximum Gasteiger partial charge on any atom is 0.139 e. The van der Waals surface area contributed by atoms with E-state index in [1.807, 2.05) is 6.07 Å². The second kappa shape index (κ2) is 11.0. The molecule has 8 rings (SSSR count). The van der Waals surface area contributed by atoms with Gasteiger partial charge in [-0.25, -0.2) is 0 Å². The average molecular weight is 607 g/mol. The summed E-state index contributed by atoms with van der Waals surface area (Å²) in [6.07, 6.45) is 0. The molecule has 48 heavy (non-hydrogen) atoms. The van der Waals surface area contributed by atoms with Crippen LogP contribution in [0.25, 0.3) is 66.1 Å². The molecule has 0 unspecified atom stereocenters. The van der Waals surface area contributed by atoms with Gasteiger partial charge >= 0.3 is 0 Å². The summed E-state index contributed by atoms with van der Waals surface area (Å²) < 4.78 is 0. The number of hydrogen-bond acceptors (Lipinski definition) is 1. The van der Waals surface area contributed by atoms with Crippen molar-refractivity contribution in [1.29, 1.82) is 5.26 Å². The Morgan fingerprint density at radius 2 is 0.854 bits per heavy atom. The van der Waals surface area contributed by atoms with Crippen LogP contribution in [0.15, 0.2) is 109 Å². The quantitative estimate of drug-likeness (QED) is 0.224. The summed E-state index contributed by atoms with van der Waals surface area (Å²) in [6.45, 7) is 4.57. The van der Waals surface area contributed by atoms with Crippen LogP contribution in [-0.2, 0) is 5.41 Å². The Kier molecular flexibility index (Phi) is 6.90. The molecule has 0 aliphatic heterocycles. The minimum atomic E-state index is -0.202. The van der Waals surface area contributed by atoms with Crippen molar-refractivity contribution in [1.82, 2.24) is 0 Å². The third kappa shape index (κ3) is 4.30. The van der Waals surface area contributed by atoms with E-state index in [4.69, 9.17) is 0 Å². The standard InChI is InChI=1S/C42H34B5N/c1-42(2)32-19-22(21-48)11-17-26(32)27-18-16-25(20-33(27)42)35-30-9-5-3-7-28(30)34(29-8-4-6-10-31(29)35)23-12-14-24(15-13-23)36-37(43)39(45)41(47)40(46)38(36)44/h3-20H,43-47H2,1-2H3. The smallest absolute Gasteiger partial charge is 0.139 e. The first-order valence-electron chi connectivity index (χ1n) is 16.9. The summed E-state index contributed by atoms with van der Waals surface area (Å²) in [4.78, 5) is 0. The number of rotatable bonds is 3. The van der Waals surface area contributed by atoms with Crippen molar-refractivity contribution in [2.75, 3.05) is 0 Å². The normalized spacial score (nSPS) is 12.9. The number of nitriles is 1.